The summed E-state index contributed by atoms with van der Waals surface area (Å²) in [6, 6.07) is 0.418. The van der Waals surface area contributed by atoms with Crippen LogP contribution < -0.4 is 5.32 Å². The number of hydrogen-bond donors (Lipinski definition) is 3. The fourth-order valence-corrected chi connectivity index (χ4v) is 1.07. The predicted octanol–water partition coefficient (Wildman–Crippen LogP) is 0.506. The number of nitrogens with one attached hydrogen (secondary N) is 1. The molecule has 0 radical (unpaired) electrons. The van der Waals surface area contributed by atoms with Gasteiger partial charge < -0.3 is 15.5 Å². The Hall–Kier alpha value is -0.120. The molecule has 0 saturated carbocycles. The molecule has 0 bridgehead atoms. The summed E-state index contributed by atoms with van der Waals surface area (Å²) in [5.74, 6) is 0. The van der Waals surface area contributed by atoms with Crippen LogP contribution in [0.4, 0.5) is 0 Å². The van der Waals surface area contributed by atoms with Crippen LogP contribution in [0.5, 0.6) is 0 Å². The first-order valence-corrected chi connectivity index (χ1v) is 4.66. The van der Waals surface area contributed by atoms with E-state index in [9.17, 15) is 5.11 Å². The van der Waals surface area contributed by atoms with Crippen molar-refractivity contribution in [2.45, 2.75) is 51.8 Å². The summed E-state index contributed by atoms with van der Waals surface area (Å²) in [6.45, 7) is 5.99. The second-order valence-electron chi connectivity index (χ2n) is 3.31. The maximum atomic E-state index is 9.21. The highest BCUT2D eigenvalue weighted by Crippen LogP contribution is 2.00. The highest BCUT2D eigenvalue weighted by molar-refractivity contribution is 4.73. The topological polar surface area (TPSA) is 52.5 Å². The van der Waals surface area contributed by atoms with Crippen LogP contribution in [0, 0.1) is 0 Å². The van der Waals surface area contributed by atoms with Crippen LogP contribution in [-0.2, 0) is 0 Å². The lowest BCUT2D eigenvalue weighted by atomic mass is 10.1. The first-order chi connectivity index (χ1) is 5.61. The van der Waals surface area contributed by atoms with Crippen molar-refractivity contribution >= 4 is 0 Å². The van der Waals surface area contributed by atoms with E-state index in [4.69, 9.17) is 5.11 Å². The smallest absolute Gasteiger partial charge is 0.0662 e. The van der Waals surface area contributed by atoms with Crippen molar-refractivity contribution in [3.63, 3.8) is 0 Å². The second kappa shape index (κ2) is 6.40. The Kier molecular flexibility index (Phi) is 6.34. The molecule has 3 nitrogen and oxygen atoms in total. The summed E-state index contributed by atoms with van der Waals surface area (Å²) < 4.78 is 0. The molecule has 0 amide bonds. The fourth-order valence-electron chi connectivity index (χ4n) is 1.07. The molecule has 0 heterocycles. The van der Waals surface area contributed by atoms with Gasteiger partial charge in [0, 0.05) is 18.7 Å². The molecular weight excluding hydrogens is 154 g/mol. The molecule has 74 valence electrons. The third-order valence-corrected chi connectivity index (χ3v) is 2.19. The zero-order valence-corrected chi connectivity index (χ0v) is 8.25. The first kappa shape index (κ1) is 11.9. The normalized spacial score (nSPS) is 18.8. The Bertz CT molecular complexity index is 107. The Morgan fingerprint density at radius 3 is 2.25 bits per heavy atom. The van der Waals surface area contributed by atoms with Crippen molar-refractivity contribution in [3.8, 4) is 0 Å². The van der Waals surface area contributed by atoms with E-state index in [0.717, 1.165) is 12.8 Å². The zero-order chi connectivity index (χ0) is 9.56. The average molecular weight is 175 g/mol. The highest BCUT2D eigenvalue weighted by atomic mass is 16.3. The second-order valence-corrected chi connectivity index (χ2v) is 3.31. The molecular formula is C9H21NO2. The molecule has 3 unspecified atom stereocenters. The monoisotopic (exact) mass is 175 g/mol. The van der Waals surface area contributed by atoms with Crippen LogP contribution in [-0.4, -0.2) is 35.0 Å². The lowest BCUT2D eigenvalue weighted by Gasteiger charge is -2.23. The van der Waals surface area contributed by atoms with Crippen molar-refractivity contribution in [2.75, 3.05) is 6.61 Å². The molecule has 0 aromatic carbocycles. The van der Waals surface area contributed by atoms with Gasteiger partial charge in [-0.1, -0.05) is 6.92 Å². The first-order valence-electron chi connectivity index (χ1n) is 4.66. The van der Waals surface area contributed by atoms with Crippen LogP contribution in [0.2, 0.25) is 0 Å². The summed E-state index contributed by atoms with van der Waals surface area (Å²) in [5.41, 5.74) is 0. The molecule has 3 heteroatoms. The Balaban J connectivity index is 3.68. The van der Waals surface area contributed by atoms with Crippen LogP contribution in [0.1, 0.15) is 33.6 Å². The Morgan fingerprint density at radius 2 is 1.92 bits per heavy atom. The van der Waals surface area contributed by atoms with Gasteiger partial charge in [0.2, 0.25) is 0 Å². The lowest BCUT2D eigenvalue weighted by Crippen LogP contribution is -2.42. The van der Waals surface area contributed by atoms with E-state index in [1.807, 2.05) is 6.92 Å². The van der Waals surface area contributed by atoms with Crippen LogP contribution in [0.3, 0.4) is 0 Å². The third-order valence-electron chi connectivity index (χ3n) is 2.19. The lowest BCUT2D eigenvalue weighted by molar-refractivity contribution is 0.140. The zero-order valence-electron chi connectivity index (χ0n) is 8.25. The maximum absolute atomic E-state index is 9.21. The van der Waals surface area contributed by atoms with E-state index in [0.29, 0.717) is 6.04 Å². The Labute approximate surface area is 74.8 Å². The molecule has 0 saturated heterocycles. The number of hydrogen-bond acceptors (Lipinski definition) is 3. The largest absolute Gasteiger partial charge is 0.396 e. The van der Waals surface area contributed by atoms with E-state index in [1.165, 1.54) is 0 Å². The quantitative estimate of drug-likeness (QED) is 0.551. The standard InChI is InChI=1S/C9H21NO2/c1-4-9(5-6-11)10-7(2)8(3)12/h7-12H,4-6H2,1-3H3. The summed E-state index contributed by atoms with van der Waals surface area (Å²) >= 11 is 0. The highest BCUT2D eigenvalue weighted by Gasteiger charge is 2.12. The van der Waals surface area contributed by atoms with Gasteiger partial charge in [-0.2, -0.15) is 0 Å². The molecule has 0 spiro atoms. The summed E-state index contributed by atoms with van der Waals surface area (Å²) in [4.78, 5) is 0. The summed E-state index contributed by atoms with van der Waals surface area (Å²) in [6.07, 6.45) is 1.41. The van der Waals surface area contributed by atoms with Crippen LogP contribution in [0.25, 0.3) is 0 Å². The molecule has 3 N–H and O–H groups in total. The van der Waals surface area contributed by atoms with Crippen molar-refractivity contribution in [1.82, 2.24) is 5.32 Å². The van der Waals surface area contributed by atoms with Crippen molar-refractivity contribution in [1.29, 1.82) is 0 Å². The molecule has 12 heavy (non-hydrogen) atoms. The van der Waals surface area contributed by atoms with E-state index in [1.54, 1.807) is 6.92 Å². The van der Waals surface area contributed by atoms with E-state index in [-0.39, 0.29) is 18.8 Å². The van der Waals surface area contributed by atoms with Gasteiger partial charge >= 0.3 is 0 Å². The molecule has 0 aliphatic carbocycles. The van der Waals surface area contributed by atoms with E-state index in [2.05, 4.69) is 12.2 Å². The van der Waals surface area contributed by atoms with Gasteiger partial charge in [-0.3, -0.25) is 0 Å². The molecule has 0 aromatic rings. The van der Waals surface area contributed by atoms with Gasteiger partial charge in [0.25, 0.3) is 0 Å². The van der Waals surface area contributed by atoms with Crippen molar-refractivity contribution in [3.05, 3.63) is 0 Å². The Morgan fingerprint density at radius 1 is 1.33 bits per heavy atom. The molecule has 3 atom stereocenters. The summed E-state index contributed by atoms with van der Waals surface area (Å²) in [5, 5.41) is 21.2. The van der Waals surface area contributed by atoms with Crippen molar-refractivity contribution < 1.29 is 10.2 Å². The number of aliphatic hydroxyl groups is 2. The molecule has 0 rings (SSSR count). The maximum Gasteiger partial charge on any atom is 0.0662 e. The van der Waals surface area contributed by atoms with Gasteiger partial charge in [-0.05, 0) is 26.7 Å². The predicted molar refractivity (Wildman–Crippen MR) is 50.1 cm³/mol. The number of aliphatic hydroxyl groups excluding tert-OH is 2. The minimum Gasteiger partial charge on any atom is -0.396 e. The van der Waals surface area contributed by atoms with Gasteiger partial charge in [0.15, 0.2) is 0 Å². The SMILES string of the molecule is CCC(CCO)NC(C)C(C)O. The summed E-state index contributed by atoms with van der Waals surface area (Å²) in [7, 11) is 0. The number of rotatable bonds is 6. The third kappa shape index (κ3) is 4.70. The minimum atomic E-state index is -0.335. The minimum absolute atomic E-state index is 0.0986. The van der Waals surface area contributed by atoms with E-state index < -0.39 is 0 Å². The average Bonchev–Trinajstić information content (AvgIpc) is 2.03. The molecule has 0 aliphatic heterocycles. The van der Waals surface area contributed by atoms with E-state index >= 15 is 0 Å². The van der Waals surface area contributed by atoms with Crippen LogP contribution >= 0.6 is 0 Å². The van der Waals surface area contributed by atoms with Crippen molar-refractivity contribution in [2.24, 2.45) is 0 Å². The molecule has 0 fully saturated rings. The van der Waals surface area contributed by atoms with Crippen LogP contribution in [0.15, 0.2) is 0 Å². The van der Waals surface area contributed by atoms with Gasteiger partial charge in [-0.15, -0.1) is 0 Å². The van der Waals surface area contributed by atoms with Gasteiger partial charge in [0.1, 0.15) is 0 Å². The van der Waals surface area contributed by atoms with Gasteiger partial charge in [-0.25, -0.2) is 0 Å². The fraction of sp³-hybridized carbons (Fsp3) is 1.00. The molecule has 0 aliphatic rings. The molecule has 0 aromatic heterocycles. The van der Waals surface area contributed by atoms with Gasteiger partial charge in [0.05, 0.1) is 6.10 Å².